The van der Waals surface area contributed by atoms with E-state index in [9.17, 15) is 30.7 Å². The minimum atomic E-state index is -4.47. The Bertz CT molecular complexity index is 691. The molecule has 1 heterocycles. The summed E-state index contributed by atoms with van der Waals surface area (Å²) >= 11 is 0. The van der Waals surface area contributed by atoms with Gasteiger partial charge in [-0.05, 0) is 6.42 Å². The zero-order valence-corrected chi connectivity index (χ0v) is 15.8. The number of quaternary nitrogens is 1. The molecule has 0 aromatic carbocycles. The molecule has 24 heavy (non-hydrogen) atoms. The average molecular weight is 388 g/mol. The summed E-state index contributed by atoms with van der Waals surface area (Å²) in [5, 5.41) is 0. The van der Waals surface area contributed by atoms with Gasteiger partial charge in [0.25, 0.3) is 26.1 Å². The van der Waals surface area contributed by atoms with Crippen molar-refractivity contribution in [2.75, 3.05) is 31.6 Å². The molecule has 0 radical (unpaired) electrons. The summed E-state index contributed by atoms with van der Waals surface area (Å²) in [5.41, 5.74) is 4.20. The Labute approximate surface area is 143 Å². The quantitative estimate of drug-likeness (QED) is 0.375. The van der Waals surface area contributed by atoms with Crippen molar-refractivity contribution in [3.63, 3.8) is 0 Å². The van der Waals surface area contributed by atoms with Gasteiger partial charge in [0, 0.05) is 18.8 Å². The van der Waals surface area contributed by atoms with Crippen LogP contribution in [-0.4, -0.2) is 73.5 Å². The summed E-state index contributed by atoms with van der Waals surface area (Å²) in [6, 6.07) is 0. The zero-order chi connectivity index (χ0) is 19.0. The first-order chi connectivity index (χ1) is 10.7. The number of unbranched alkanes of at least 4 members (excludes halogenated alkanes) is 1. The molecular formula is C13H27N2O7S2+. The molecule has 0 aromatic rings. The standard InChI is InChI=1S/C13H26N2O7S2/c1-4-5-6-15(3)7-10(8-23(17,18)19)11(9-24(20,21)22)13(15,2)12(14)16/h10-11H,4-9H2,1-3H3,(H3-,14,16,17,18,19,20,21,22)/p+1. The summed E-state index contributed by atoms with van der Waals surface area (Å²) in [5.74, 6) is -4.06. The van der Waals surface area contributed by atoms with Crippen LogP contribution in [0.1, 0.15) is 26.7 Å². The maximum Gasteiger partial charge on any atom is 0.278 e. The number of carbonyl (C=O) groups excluding carboxylic acids is 1. The van der Waals surface area contributed by atoms with Crippen LogP contribution in [0, 0.1) is 11.8 Å². The fraction of sp³-hybridized carbons (Fsp3) is 0.923. The Morgan fingerprint density at radius 2 is 1.71 bits per heavy atom. The highest BCUT2D eigenvalue weighted by molar-refractivity contribution is 7.86. The predicted molar refractivity (Wildman–Crippen MR) is 88.2 cm³/mol. The Hall–Kier alpha value is -0.750. The summed E-state index contributed by atoms with van der Waals surface area (Å²) in [4.78, 5) is 12.2. The fourth-order valence-corrected chi connectivity index (χ4v) is 5.87. The second-order valence-corrected chi connectivity index (χ2v) is 10.0. The van der Waals surface area contributed by atoms with E-state index in [1.807, 2.05) is 6.92 Å². The lowest BCUT2D eigenvalue weighted by molar-refractivity contribution is -0.937. The molecule has 1 aliphatic rings. The highest BCUT2D eigenvalue weighted by Gasteiger charge is 2.64. The van der Waals surface area contributed by atoms with Crippen molar-refractivity contribution in [2.45, 2.75) is 32.2 Å². The van der Waals surface area contributed by atoms with E-state index in [4.69, 9.17) is 5.73 Å². The number of rotatable bonds is 8. The first-order valence-electron chi connectivity index (χ1n) is 7.71. The van der Waals surface area contributed by atoms with E-state index in [0.717, 1.165) is 12.8 Å². The summed E-state index contributed by atoms with van der Waals surface area (Å²) in [6.45, 7) is 4.12. The lowest BCUT2D eigenvalue weighted by Gasteiger charge is -2.44. The highest BCUT2D eigenvalue weighted by Crippen LogP contribution is 2.45. The molecule has 1 aliphatic heterocycles. The molecule has 142 valence electrons. The molecule has 1 rings (SSSR count). The van der Waals surface area contributed by atoms with Gasteiger partial charge in [0.2, 0.25) is 0 Å². The van der Waals surface area contributed by atoms with Gasteiger partial charge in [-0.2, -0.15) is 16.8 Å². The maximum atomic E-state index is 12.2. The van der Waals surface area contributed by atoms with Gasteiger partial charge in [0.15, 0.2) is 5.54 Å². The van der Waals surface area contributed by atoms with Gasteiger partial charge in [-0.15, -0.1) is 0 Å². The fourth-order valence-electron chi connectivity index (χ4n) is 3.94. The number of amides is 1. The van der Waals surface area contributed by atoms with Gasteiger partial charge in [-0.1, -0.05) is 13.3 Å². The Morgan fingerprint density at radius 3 is 2.08 bits per heavy atom. The molecule has 0 spiro atoms. The first kappa shape index (κ1) is 21.3. The third-order valence-electron chi connectivity index (χ3n) is 5.37. The molecule has 4 N–H and O–H groups in total. The normalized spacial score (nSPS) is 34.4. The monoisotopic (exact) mass is 387 g/mol. The van der Waals surface area contributed by atoms with Crippen molar-refractivity contribution in [2.24, 2.45) is 17.6 Å². The molecule has 0 aromatic heterocycles. The molecule has 0 saturated carbocycles. The van der Waals surface area contributed by atoms with Gasteiger partial charge in [0.05, 0.1) is 31.6 Å². The predicted octanol–water partition coefficient (Wildman–Crippen LogP) is -0.501. The Morgan fingerprint density at radius 1 is 1.21 bits per heavy atom. The second kappa shape index (κ2) is 6.87. The van der Waals surface area contributed by atoms with Gasteiger partial charge in [0.1, 0.15) is 0 Å². The largest absolute Gasteiger partial charge is 0.364 e. The third kappa shape index (κ3) is 4.45. The van der Waals surface area contributed by atoms with Crippen molar-refractivity contribution in [1.29, 1.82) is 0 Å². The van der Waals surface area contributed by atoms with Gasteiger partial charge >= 0.3 is 0 Å². The molecule has 4 unspecified atom stereocenters. The minimum Gasteiger partial charge on any atom is -0.364 e. The van der Waals surface area contributed by atoms with Crippen molar-refractivity contribution < 1.29 is 35.2 Å². The van der Waals surface area contributed by atoms with E-state index in [1.54, 1.807) is 7.05 Å². The third-order valence-corrected chi connectivity index (χ3v) is 7.00. The van der Waals surface area contributed by atoms with Crippen LogP contribution in [0.3, 0.4) is 0 Å². The summed E-state index contributed by atoms with van der Waals surface area (Å²) < 4.78 is 64.0. The van der Waals surface area contributed by atoms with Crippen LogP contribution in [0.15, 0.2) is 0 Å². The Kier molecular flexibility index (Phi) is 6.09. The van der Waals surface area contributed by atoms with E-state index in [-0.39, 0.29) is 11.0 Å². The molecule has 1 fully saturated rings. The second-order valence-electron chi connectivity index (χ2n) is 7.03. The number of hydrogen-bond donors (Lipinski definition) is 3. The van der Waals surface area contributed by atoms with Gasteiger partial charge in [-0.3, -0.25) is 13.9 Å². The topological polar surface area (TPSA) is 152 Å². The van der Waals surface area contributed by atoms with Crippen molar-refractivity contribution in [3.05, 3.63) is 0 Å². The van der Waals surface area contributed by atoms with Crippen molar-refractivity contribution in [1.82, 2.24) is 0 Å². The number of carbonyl (C=O) groups is 1. The maximum absolute atomic E-state index is 12.2. The van der Waals surface area contributed by atoms with Gasteiger partial charge < -0.3 is 10.2 Å². The van der Waals surface area contributed by atoms with Crippen LogP contribution in [0.4, 0.5) is 0 Å². The molecule has 0 aliphatic carbocycles. The number of likely N-dealkylation sites (N-methyl/N-ethyl adjacent to an activating group) is 1. The lowest BCUT2D eigenvalue weighted by atomic mass is 9.81. The van der Waals surface area contributed by atoms with E-state index < -0.39 is 55.0 Å². The van der Waals surface area contributed by atoms with Gasteiger partial charge in [-0.25, -0.2) is 0 Å². The summed E-state index contributed by atoms with van der Waals surface area (Å²) in [6.07, 6.45) is 1.56. The molecule has 1 saturated heterocycles. The number of likely N-dealkylation sites (tertiary alicyclic amines) is 1. The average Bonchev–Trinajstić information content (AvgIpc) is 2.56. The van der Waals surface area contributed by atoms with Crippen LogP contribution in [0.5, 0.6) is 0 Å². The van der Waals surface area contributed by atoms with Crippen LogP contribution in [0.25, 0.3) is 0 Å². The zero-order valence-electron chi connectivity index (χ0n) is 14.2. The first-order valence-corrected chi connectivity index (χ1v) is 10.9. The number of hydrogen-bond acceptors (Lipinski definition) is 5. The van der Waals surface area contributed by atoms with Crippen molar-refractivity contribution in [3.8, 4) is 0 Å². The lowest BCUT2D eigenvalue weighted by Crippen LogP contribution is -2.66. The van der Waals surface area contributed by atoms with Crippen LogP contribution in [-0.2, 0) is 25.0 Å². The molecule has 1 amide bonds. The highest BCUT2D eigenvalue weighted by atomic mass is 32.2. The molecule has 11 heteroatoms. The van der Waals surface area contributed by atoms with Crippen LogP contribution in [0.2, 0.25) is 0 Å². The number of nitrogens with two attached hydrogens (primary N) is 1. The minimum absolute atomic E-state index is 0.0660. The smallest absolute Gasteiger partial charge is 0.278 e. The molecule has 4 atom stereocenters. The van der Waals surface area contributed by atoms with Crippen LogP contribution >= 0.6 is 0 Å². The molecule has 9 nitrogen and oxygen atoms in total. The molecule has 0 bridgehead atoms. The van der Waals surface area contributed by atoms with E-state index >= 15 is 0 Å². The van der Waals surface area contributed by atoms with Crippen LogP contribution < -0.4 is 5.73 Å². The van der Waals surface area contributed by atoms with E-state index in [0.29, 0.717) is 6.54 Å². The SMILES string of the molecule is CCCC[N+]1(C)CC(CS(=O)(=O)O)C(CS(=O)(=O)O)C1(C)C(N)=O. The van der Waals surface area contributed by atoms with E-state index in [2.05, 4.69) is 0 Å². The van der Waals surface area contributed by atoms with Crippen molar-refractivity contribution >= 4 is 26.1 Å². The Balaban J connectivity index is 3.43. The summed E-state index contributed by atoms with van der Waals surface area (Å²) in [7, 11) is -7.12. The number of primary amides is 1. The molecular weight excluding hydrogens is 360 g/mol. The number of nitrogens with zero attached hydrogens (tertiary/aromatic N) is 1. The van der Waals surface area contributed by atoms with E-state index in [1.165, 1.54) is 6.92 Å².